The van der Waals surface area contributed by atoms with Crippen molar-refractivity contribution < 1.29 is 13.5 Å². The maximum absolute atomic E-state index is 13.2. The Morgan fingerprint density at radius 2 is 1.53 bits per heavy atom. The summed E-state index contributed by atoms with van der Waals surface area (Å²) >= 11 is 4.17. The van der Waals surface area contributed by atoms with E-state index >= 15 is 0 Å². The molecule has 19 heavy (non-hydrogen) atoms. The van der Waals surface area contributed by atoms with Gasteiger partial charge in [0.05, 0.1) is 6.61 Å². The number of ether oxygens (including phenoxy) is 1. The molecule has 0 saturated carbocycles. The first kappa shape index (κ1) is 16.3. The van der Waals surface area contributed by atoms with Crippen LogP contribution in [0.5, 0.6) is 5.75 Å². The monoisotopic (exact) mass is 288 g/mol. The second kappa shape index (κ2) is 10.1. The van der Waals surface area contributed by atoms with Gasteiger partial charge in [-0.2, -0.15) is 12.6 Å². The smallest absolute Gasteiger partial charge is 0.167 e. The van der Waals surface area contributed by atoms with Crippen molar-refractivity contribution in [1.82, 2.24) is 0 Å². The number of hydrogen-bond donors (Lipinski definition) is 1. The Morgan fingerprint density at radius 3 is 2.16 bits per heavy atom. The zero-order valence-electron chi connectivity index (χ0n) is 11.2. The van der Waals surface area contributed by atoms with E-state index in [1.54, 1.807) is 0 Å². The highest BCUT2D eigenvalue weighted by Crippen LogP contribution is 2.18. The summed E-state index contributed by atoms with van der Waals surface area (Å²) in [6.07, 6.45) is 8.11. The third kappa shape index (κ3) is 7.41. The van der Waals surface area contributed by atoms with Crippen molar-refractivity contribution in [1.29, 1.82) is 0 Å². The van der Waals surface area contributed by atoms with Crippen molar-refractivity contribution in [3.63, 3.8) is 0 Å². The third-order valence-corrected chi connectivity index (χ3v) is 3.27. The van der Waals surface area contributed by atoms with Gasteiger partial charge in [-0.25, -0.2) is 8.78 Å². The van der Waals surface area contributed by atoms with Gasteiger partial charge in [-0.1, -0.05) is 32.1 Å². The Morgan fingerprint density at radius 1 is 0.895 bits per heavy atom. The molecule has 108 valence electrons. The molecule has 0 radical (unpaired) electrons. The van der Waals surface area contributed by atoms with Gasteiger partial charge in [-0.3, -0.25) is 0 Å². The molecule has 1 nitrogen and oxygen atoms in total. The number of benzene rings is 1. The van der Waals surface area contributed by atoms with Crippen LogP contribution in [0.25, 0.3) is 0 Å². The Hall–Kier alpha value is -0.770. The van der Waals surface area contributed by atoms with Crippen LogP contribution in [0, 0.1) is 11.6 Å². The van der Waals surface area contributed by atoms with Crippen molar-refractivity contribution in [3.8, 4) is 5.75 Å². The van der Waals surface area contributed by atoms with Gasteiger partial charge in [0.1, 0.15) is 5.82 Å². The fourth-order valence-corrected chi connectivity index (χ4v) is 2.10. The van der Waals surface area contributed by atoms with Gasteiger partial charge in [0.15, 0.2) is 11.6 Å². The molecular weight excluding hydrogens is 266 g/mol. The zero-order chi connectivity index (χ0) is 13.9. The molecular formula is C15H22F2OS. The molecule has 0 bridgehead atoms. The lowest BCUT2D eigenvalue weighted by Crippen LogP contribution is -1.99. The van der Waals surface area contributed by atoms with E-state index in [0.717, 1.165) is 24.7 Å². The summed E-state index contributed by atoms with van der Waals surface area (Å²) in [6.45, 7) is 0.485. The van der Waals surface area contributed by atoms with Gasteiger partial charge in [0.25, 0.3) is 0 Å². The first-order valence-corrected chi connectivity index (χ1v) is 7.56. The van der Waals surface area contributed by atoms with Crippen LogP contribution in [0.4, 0.5) is 8.78 Å². The highest BCUT2D eigenvalue weighted by Gasteiger charge is 2.04. The standard InChI is InChI=1S/C15H22F2OS/c16-13-8-9-15(14(17)12-13)18-10-6-4-2-1-3-5-7-11-19/h8-9,12,19H,1-7,10-11H2. The van der Waals surface area contributed by atoms with Gasteiger partial charge in [-0.05, 0) is 30.7 Å². The second-order valence-electron chi connectivity index (χ2n) is 4.62. The van der Waals surface area contributed by atoms with E-state index in [9.17, 15) is 8.78 Å². The van der Waals surface area contributed by atoms with Crippen LogP contribution in [-0.4, -0.2) is 12.4 Å². The normalized spacial score (nSPS) is 10.7. The van der Waals surface area contributed by atoms with Crippen LogP contribution in [0.1, 0.15) is 44.9 Å². The largest absolute Gasteiger partial charge is 0.491 e. The minimum Gasteiger partial charge on any atom is -0.491 e. The first-order valence-electron chi connectivity index (χ1n) is 6.93. The molecule has 0 unspecified atom stereocenters. The van der Waals surface area contributed by atoms with E-state index in [4.69, 9.17) is 4.74 Å². The minimum absolute atomic E-state index is 0.134. The van der Waals surface area contributed by atoms with Crippen molar-refractivity contribution in [3.05, 3.63) is 29.8 Å². The lowest BCUT2D eigenvalue weighted by Gasteiger charge is -2.07. The molecule has 1 aromatic rings. The molecule has 0 aliphatic carbocycles. The molecule has 0 saturated heterocycles. The molecule has 0 fully saturated rings. The van der Waals surface area contributed by atoms with Crippen LogP contribution in [0.3, 0.4) is 0 Å². The summed E-state index contributed by atoms with van der Waals surface area (Å²) in [5.41, 5.74) is 0. The predicted octanol–water partition coefficient (Wildman–Crippen LogP) is 5.00. The molecule has 4 heteroatoms. The Labute approximate surface area is 119 Å². The van der Waals surface area contributed by atoms with Crippen molar-refractivity contribution in [2.75, 3.05) is 12.4 Å². The van der Waals surface area contributed by atoms with E-state index < -0.39 is 11.6 Å². The van der Waals surface area contributed by atoms with Crippen molar-refractivity contribution >= 4 is 12.6 Å². The number of rotatable bonds is 10. The highest BCUT2D eigenvalue weighted by molar-refractivity contribution is 7.80. The second-order valence-corrected chi connectivity index (χ2v) is 5.07. The summed E-state index contributed by atoms with van der Waals surface area (Å²) in [4.78, 5) is 0. The summed E-state index contributed by atoms with van der Waals surface area (Å²) in [5.74, 6) is -0.107. The third-order valence-electron chi connectivity index (χ3n) is 2.95. The maximum Gasteiger partial charge on any atom is 0.167 e. The lowest BCUT2D eigenvalue weighted by molar-refractivity contribution is 0.289. The van der Waals surface area contributed by atoms with Crippen LogP contribution in [0.2, 0.25) is 0 Å². The molecule has 0 spiro atoms. The number of thiol groups is 1. The predicted molar refractivity (Wildman–Crippen MR) is 78.0 cm³/mol. The summed E-state index contributed by atoms with van der Waals surface area (Å²) < 4.78 is 31.2. The van der Waals surface area contributed by atoms with E-state index in [1.165, 1.54) is 44.2 Å². The van der Waals surface area contributed by atoms with Gasteiger partial charge in [0, 0.05) is 6.07 Å². The first-order chi connectivity index (χ1) is 9.24. The summed E-state index contributed by atoms with van der Waals surface area (Å²) in [5, 5.41) is 0. The lowest BCUT2D eigenvalue weighted by atomic mass is 10.1. The fourth-order valence-electron chi connectivity index (χ4n) is 1.87. The van der Waals surface area contributed by atoms with Gasteiger partial charge >= 0.3 is 0 Å². The molecule has 0 heterocycles. The zero-order valence-corrected chi connectivity index (χ0v) is 12.1. The fraction of sp³-hybridized carbons (Fsp3) is 0.600. The molecule has 0 atom stereocenters. The quantitative estimate of drug-likeness (QED) is 0.470. The summed E-state index contributed by atoms with van der Waals surface area (Å²) in [6, 6.07) is 3.39. The molecule has 0 N–H and O–H groups in total. The molecule has 1 aromatic carbocycles. The van der Waals surface area contributed by atoms with Gasteiger partial charge in [-0.15, -0.1) is 0 Å². The average Bonchev–Trinajstić information content (AvgIpc) is 2.39. The Kier molecular flexibility index (Phi) is 8.63. The highest BCUT2D eigenvalue weighted by atomic mass is 32.1. The summed E-state index contributed by atoms with van der Waals surface area (Å²) in [7, 11) is 0. The average molecular weight is 288 g/mol. The van der Waals surface area contributed by atoms with E-state index in [0.29, 0.717) is 6.61 Å². The van der Waals surface area contributed by atoms with Crippen LogP contribution >= 0.6 is 12.6 Å². The number of unbranched alkanes of at least 4 members (excludes halogenated alkanes) is 6. The molecule has 0 aliphatic rings. The van der Waals surface area contributed by atoms with Crippen molar-refractivity contribution in [2.45, 2.75) is 44.9 Å². The van der Waals surface area contributed by atoms with Crippen LogP contribution in [-0.2, 0) is 0 Å². The number of hydrogen-bond acceptors (Lipinski definition) is 2. The molecule has 0 aromatic heterocycles. The van der Waals surface area contributed by atoms with E-state index in [-0.39, 0.29) is 5.75 Å². The SMILES string of the molecule is Fc1ccc(OCCCCCCCCCS)c(F)c1. The molecule has 0 aliphatic heterocycles. The Bertz CT molecular complexity index is 358. The van der Waals surface area contributed by atoms with Gasteiger partial charge in [0.2, 0.25) is 0 Å². The Balaban J connectivity index is 2.01. The minimum atomic E-state index is -0.633. The van der Waals surface area contributed by atoms with Crippen LogP contribution < -0.4 is 4.74 Å². The van der Waals surface area contributed by atoms with E-state index in [1.807, 2.05) is 0 Å². The molecule has 0 amide bonds. The maximum atomic E-state index is 13.2. The topological polar surface area (TPSA) is 9.23 Å². The van der Waals surface area contributed by atoms with E-state index in [2.05, 4.69) is 12.6 Å². The molecule has 1 rings (SSSR count). The number of halogens is 2. The van der Waals surface area contributed by atoms with Crippen LogP contribution in [0.15, 0.2) is 18.2 Å². The van der Waals surface area contributed by atoms with Crippen molar-refractivity contribution in [2.24, 2.45) is 0 Å². The van der Waals surface area contributed by atoms with Gasteiger partial charge < -0.3 is 4.74 Å².